The van der Waals surface area contributed by atoms with Crippen LogP contribution in [-0.2, 0) is 0 Å². The van der Waals surface area contributed by atoms with E-state index in [1.807, 2.05) is 19.1 Å². The highest BCUT2D eigenvalue weighted by Crippen LogP contribution is 2.35. The number of imide groups is 1. The van der Waals surface area contributed by atoms with Gasteiger partial charge in [0.2, 0.25) is 0 Å². The fourth-order valence-corrected chi connectivity index (χ4v) is 2.14. The third kappa shape index (κ3) is 1.06. The van der Waals surface area contributed by atoms with Gasteiger partial charge in [-0.1, -0.05) is 12.1 Å². The number of rotatable bonds is 1. The number of hydrogen-bond donors (Lipinski definition) is 0. The van der Waals surface area contributed by atoms with Crippen LogP contribution in [0.4, 0.5) is 0 Å². The van der Waals surface area contributed by atoms with Gasteiger partial charge in [-0.15, -0.1) is 0 Å². The van der Waals surface area contributed by atoms with Gasteiger partial charge in [0.1, 0.15) is 0 Å². The molecule has 76 valence electrons. The Morgan fingerprint density at radius 2 is 1.93 bits per heavy atom. The molecule has 1 saturated carbocycles. The van der Waals surface area contributed by atoms with Crippen LogP contribution in [0.3, 0.4) is 0 Å². The van der Waals surface area contributed by atoms with Crippen LogP contribution in [0.1, 0.15) is 39.1 Å². The van der Waals surface area contributed by atoms with Crippen LogP contribution in [0.2, 0.25) is 0 Å². The molecule has 0 spiro atoms. The number of fused-ring (bicyclic) bond motifs is 1. The Morgan fingerprint density at radius 3 is 2.53 bits per heavy atom. The zero-order valence-electron chi connectivity index (χ0n) is 8.49. The monoisotopic (exact) mass is 201 g/mol. The molecule has 1 aromatic rings. The van der Waals surface area contributed by atoms with Crippen LogP contribution in [0.5, 0.6) is 0 Å². The summed E-state index contributed by atoms with van der Waals surface area (Å²) in [5, 5.41) is 0. The van der Waals surface area contributed by atoms with E-state index in [0.29, 0.717) is 11.1 Å². The molecule has 3 nitrogen and oxygen atoms in total. The molecule has 1 aliphatic carbocycles. The Balaban J connectivity index is 2.16. The Bertz CT molecular complexity index is 475. The Morgan fingerprint density at radius 1 is 1.20 bits per heavy atom. The van der Waals surface area contributed by atoms with E-state index in [1.165, 1.54) is 4.90 Å². The number of nitrogens with zero attached hydrogens (tertiary/aromatic N) is 1. The Hall–Kier alpha value is -1.64. The first-order valence-electron chi connectivity index (χ1n) is 5.17. The normalized spacial score (nSPS) is 19.7. The minimum atomic E-state index is -0.110. The van der Waals surface area contributed by atoms with E-state index < -0.39 is 0 Å². The molecule has 1 aromatic carbocycles. The van der Waals surface area contributed by atoms with Crippen LogP contribution in [0.25, 0.3) is 0 Å². The second-order valence-corrected chi connectivity index (χ2v) is 4.21. The van der Waals surface area contributed by atoms with Gasteiger partial charge in [0.25, 0.3) is 11.8 Å². The maximum absolute atomic E-state index is 12.0. The smallest absolute Gasteiger partial charge is 0.262 e. The van der Waals surface area contributed by atoms with Crippen molar-refractivity contribution in [2.24, 2.45) is 0 Å². The summed E-state index contributed by atoms with van der Waals surface area (Å²) in [5.74, 6) is -0.211. The zero-order chi connectivity index (χ0) is 10.6. The third-order valence-electron chi connectivity index (χ3n) is 3.07. The highest BCUT2D eigenvalue weighted by Gasteiger charge is 2.44. The van der Waals surface area contributed by atoms with Crippen molar-refractivity contribution < 1.29 is 9.59 Å². The van der Waals surface area contributed by atoms with E-state index in [1.54, 1.807) is 6.07 Å². The van der Waals surface area contributed by atoms with Crippen molar-refractivity contribution in [3.8, 4) is 0 Å². The molecule has 0 radical (unpaired) electrons. The van der Waals surface area contributed by atoms with E-state index in [0.717, 1.165) is 18.4 Å². The molecular weight excluding hydrogens is 190 g/mol. The lowest BCUT2D eigenvalue weighted by molar-refractivity contribution is 0.0642. The van der Waals surface area contributed by atoms with Gasteiger partial charge < -0.3 is 0 Å². The van der Waals surface area contributed by atoms with Gasteiger partial charge in [0, 0.05) is 6.04 Å². The van der Waals surface area contributed by atoms with Crippen molar-refractivity contribution in [2.45, 2.75) is 25.8 Å². The first-order valence-corrected chi connectivity index (χ1v) is 5.17. The average molecular weight is 201 g/mol. The molecule has 2 aliphatic rings. The van der Waals surface area contributed by atoms with E-state index in [-0.39, 0.29) is 17.9 Å². The molecule has 3 rings (SSSR count). The summed E-state index contributed by atoms with van der Waals surface area (Å²) in [4.78, 5) is 25.4. The van der Waals surface area contributed by atoms with Gasteiger partial charge in [-0.2, -0.15) is 0 Å². The lowest BCUT2D eigenvalue weighted by Crippen LogP contribution is -2.31. The maximum Gasteiger partial charge on any atom is 0.262 e. The molecule has 0 aromatic heterocycles. The fourth-order valence-electron chi connectivity index (χ4n) is 2.14. The summed E-state index contributed by atoms with van der Waals surface area (Å²) in [5.41, 5.74) is 2.08. The van der Waals surface area contributed by atoms with E-state index in [2.05, 4.69) is 0 Å². The second kappa shape index (κ2) is 2.69. The first kappa shape index (κ1) is 8.65. The van der Waals surface area contributed by atoms with E-state index in [4.69, 9.17) is 0 Å². The van der Waals surface area contributed by atoms with Crippen LogP contribution in [-0.4, -0.2) is 22.8 Å². The molecule has 1 aliphatic heterocycles. The highest BCUT2D eigenvalue weighted by molar-refractivity contribution is 6.22. The number of carbonyl (C=O) groups is 2. The molecule has 15 heavy (non-hydrogen) atoms. The van der Waals surface area contributed by atoms with Gasteiger partial charge in [0.15, 0.2) is 0 Å². The van der Waals surface area contributed by atoms with E-state index in [9.17, 15) is 9.59 Å². The zero-order valence-corrected chi connectivity index (χ0v) is 8.49. The topological polar surface area (TPSA) is 37.4 Å². The Kier molecular flexibility index (Phi) is 1.55. The van der Waals surface area contributed by atoms with E-state index >= 15 is 0 Å². The molecule has 0 bridgehead atoms. The number of carbonyl (C=O) groups excluding carboxylic acids is 2. The summed E-state index contributed by atoms with van der Waals surface area (Å²) in [6.07, 6.45) is 1.93. The molecule has 0 saturated heterocycles. The van der Waals surface area contributed by atoms with Crippen molar-refractivity contribution in [1.29, 1.82) is 0 Å². The number of aryl methyl sites for hydroxylation is 1. The van der Waals surface area contributed by atoms with Crippen LogP contribution in [0, 0.1) is 6.92 Å². The minimum absolute atomic E-state index is 0.101. The summed E-state index contributed by atoms with van der Waals surface area (Å²) < 4.78 is 0. The fraction of sp³-hybridized carbons (Fsp3) is 0.333. The first-order chi connectivity index (χ1) is 7.20. The van der Waals surface area contributed by atoms with Crippen LogP contribution < -0.4 is 0 Å². The lowest BCUT2D eigenvalue weighted by Gasteiger charge is -2.11. The molecular formula is C12H11NO2. The number of hydrogen-bond acceptors (Lipinski definition) is 2. The van der Waals surface area contributed by atoms with Crippen molar-refractivity contribution in [2.75, 3.05) is 0 Å². The largest absolute Gasteiger partial charge is 0.271 e. The van der Waals surface area contributed by atoms with Gasteiger partial charge in [-0.05, 0) is 31.4 Å². The van der Waals surface area contributed by atoms with Gasteiger partial charge >= 0.3 is 0 Å². The minimum Gasteiger partial charge on any atom is -0.271 e. The van der Waals surface area contributed by atoms with Gasteiger partial charge in [-0.3, -0.25) is 14.5 Å². The van der Waals surface area contributed by atoms with Crippen molar-refractivity contribution in [3.63, 3.8) is 0 Å². The van der Waals surface area contributed by atoms with Crippen LogP contribution in [0.15, 0.2) is 18.2 Å². The molecule has 0 atom stereocenters. The molecule has 1 heterocycles. The quantitative estimate of drug-likeness (QED) is 0.649. The third-order valence-corrected chi connectivity index (χ3v) is 3.07. The van der Waals surface area contributed by atoms with Crippen molar-refractivity contribution in [1.82, 2.24) is 4.90 Å². The van der Waals surface area contributed by atoms with Crippen molar-refractivity contribution in [3.05, 3.63) is 34.9 Å². The second-order valence-electron chi connectivity index (χ2n) is 4.21. The van der Waals surface area contributed by atoms with Gasteiger partial charge in [-0.25, -0.2) is 0 Å². The number of amides is 2. The van der Waals surface area contributed by atoms with Crippen LogP contribution >= 0.6 is 0 Å². The SMILES string of the molecule is Cc1cccc2c1C(=O)N(C1CC1)C2=O. The molecule has 2 amide bonds. The number of benzene rings is 1. The predicted molar refractivity (Wildman–Crippen MR) is 54.7 cm³/mol. The molecule has 0 unspecified atom stereocenters. The average Bonchev–Trinajstić information content (AvgIpc) is 2.98. The summed E-state index contributed by atoms with van der Waals surface area (Å²) in [7, 11) is 0. The molecule has 1 fully saturated rings. The summed E-state index contributed by atoms with van der Waals surface area (Å²) in [6, 6.07) is 5.61. The van der Waals surface area contributed by atoms with Crippen molar-refractivity contribution >= 4 is 11.8 Å². The molecule has 3 heteroatoms. The summed E-state index contributed by atoms with van der Waals surface area (Å²) >= 11 is 0. The highest BCUT2D eigenvalue weighted by atomic mass is 16.2. The maximum atomic E-state index is 12.0. The predicted octanol–water partition coefficient (Wildman–Crippen LogP) is 1.75. The molecule has 0 N–H and O–H groups in total. The van der Waals surface area contributed by atoms with Gasteiger partial charge in [0.05, 0.1) is 11.1 Å². The standard InChI is InChI=1S/C12H11NO2/c1-7-3-2-4-9-10(7)12(15)13(11(9)14)8-5-6-8/h2-4,8H,5-6H2,1H3. The Labute approximate surface area is 87.7 Å². The summed E-state index contributed by atoms with van der Waals surface area (Å²) in [6.45, 7) is 1.88. The lowest BCUT2D eigenvalue weighted by atomic mass is 10.0.